The predicted molar refractivity (Wildman–Crippen MR) is 152 cm³/mol. The van der Waals surface area contributed by atoms with Gasteiger partial charge in [0.25, 0.3) is 5.78 Å². The van der Waals surface area contributed by atoms with Crippen LogP contribution >= 0.6 is 34.7 Å². The average molecular weight is 576 g/mol. The molecule has 0 unspecified atom stereocenters. The minimum absolute atomic E-state index is 0.0251. The Bertz CT molecular complexity index is 1620. The number of hydrogen-bond acceptors (Lipinski definition) is 8. The lowest BCUT2D eigenvalue weighted by molar-refractivity contribution is -0.132. The first-order valence-corrected chi connectivity index (χ1v) is 14.4. The van der Waals surface area contributed by atoms with Gasteiger partial charge in [-0.15, -0.1) is 10.2 Å². The lowest BCUT2D eigenvalue weighted by atomic mass is 9.94. The Labute approximate surface area is 238 Å². The summed E-state index contributed by atoms with van der Waals surface area (Å²) in [7, 11) is 0. The molecular weight excluding hydrogens is 554 g/mol. The van der Waals surface area contributed by atoms with Gasteiger partial charge in [-0.25, -0.2) is 0 Å². The molecule has 3 heterocycles. The van der Waals surface area contributed by atoms with Gasteiger partial charge in [-0.2, -0.15) is 0 Å². The number of halogens is 1. The highest BCUT2D eigenvalue weighted by Gasteiger charge is 2.48. The number of Topliss-reactive ketones (excluding diaryl/α,β-unsaturated/α-hetero) is 1. The number of aliphatic hydroxyl groups is 1. The largest absolute Gasteiger partial charge is 0.507 e. The molecule has 6 rings (SSSR count). The molecule has 10 heteroatoms. The summed E-state index contributed by atoms with van der Waals surface area (Å²) in [5.41, 5.74) is 3.06. The van der Waals surface area contributed by atoms with E-state index in [9.17, 15) is 14.7 Å². The van der Waals surface area contributed by atoms with Crippen molar-refractivity contribution in [2.45, 2.75) is 35.6 Å². The number of ketones is 1. The van der Waals surface area contributed by atoms with Crippen LogP contribution < -0.4 is 9.64 Å². The van der Waals surface area contributed by atoms with Crippen molar-refractivity contribution in [2.75, 3.05) is 4.90 Å². The van der Waals surface area contributed by atoms with E-state index in [2.05, 4.69) is 10.2 Å². The fourth-order valence-electron chi connectivity index (χ4n) is 4.82. The van der Waals surface area contributed by atoms with Crippen molar-refractivity contribution in [1.82, 2.24) is 10.2 Å². The van der Waals surface area contributed by atoms with Gasteiger partial charge in [0.05, 0.1) is 11.6 Å². The van der Waals surface area contributed by atoms with Crippen molar-refractivity contribution in [2.24, 2.45) is 0 Å². The molecule has 39 heavy (non-hydrogen) atoms. The summed E-state index contributed by atoms with van der Waals surface area (Å²) in [6, 6.07) is 21.2. The second-order valence-corrected chi connectivity index (χ2v) is 11.9. The Morgan fingerprint density at radius 1 is 1.10 bits per heavy atom. The molecule has 1 aromatic heterocycles. The summed E-state index contributed by atoms with van der Waals surface area (Å²) in [5.74, 6) is -0.398. The number of carbonyl (C=O) groups excluding carboxylic acids is 2. The number of rotatable bonds is 6. The Kier molecular flexibility index (Phi) is 6.88. The molecule has 0 saturated carbocycles. The van der Waals surface area contributed by atoms with E-state index in [1.54, 1.807) is 42.5 Å². The average Bonchev–Trinajstić information content (AvgIpc) is 3.62. The number of amides is 1. The number of thioether (sulfide) groups is 1. The van der Waals surface area contributed by atoms with Crippen LogP contribution in [0.15, 0.2) is 82.7 Å². The molecule has 196 valence electrons. The molecule has 3 aromatic carbocycles. The van der Waals surface area contributed by atoms with Crippen LogP contribution in [0.4, 0.5) is 5.13 Å². The number of benzene rings is 3. The molecule has 1 N–H and O–H groups in total. The van der Waals surface area contributed by atoms with E-state index < -0.39 is 17.7 Å². The fraction of sp³-hybridized carbons (Fsp3) is 0.172. The van der Waals surface area contributed by atoms with Gasteiger partial charge in [0.2, 0.25) is 5.13 Å². The fourth-order valence-corrected chi connectivity index (χ4v) is 6.85. The summed E-state index contributed by atoms with van der Waals surface area (Å²) < 4.78 is 6.44. The number of aromatic nitrogens is 2. The number of hydrogen-bond donors (Lipinski definition) is 1. The summed E-state index contributed by atoms with van der Waals surface area (Å²) in [6.07, 6.45) is 0.720. The molecule has 4 aromatic rings. The van der Waals surface area contributed by atoms with E-state index in [0.717, 1.165) is 16.9 Å². The monoisotopic (exact) mass is 575 g/mol. The zero-order chi connectivity index (χ0) is 27.1. The Balaban J connectivity index is 1.40. The van der Waals surface area contributed by atoms with Crippen LogP contribution in [-0.2, 0) is 21.8 Å². The van der Waals surface area contributed by atoms with Gasteiger partial charge in [0, 0.05) is 22.8 Å². The number of anilines is 1. The van der Waals surface area contributed by atoms with E-state index in [1.165, 1.54) is 28.0 Å². The third kappa shape index (κ3) is 4.93. The molecule has 1 saturated heterocycles. The minimum Gasteiger partial charge on any atom is -0.507 e. The molecule has 0 bridgehead atoms. The van der Waals surface area contributed by atoms with E-state index in [0.29, 0.717) is 32.7 Å². The molecule has 2 atom stereocenters. The molecular formula is C29H22ClN3O4S2. The number of nitrogens with zero attached hydrogens (tertiary/aromatic N) is 3. The second kappa shape index (κ2) is 10.5. The quantitative estimate of drug-likeness (QED) is 0.0930. The summed E-state index contributed by atoms with van der Waals surface area (Å²) in [6.45, 7) is 1.97. The van der Waals surface area contributed by atoms with Crippen LogP contribution in [0.25, 0.3) is 5.76 Å². The molecule has 2 aliphatic rings. The normalized spacial score (nSPS) is 19.8. The summed E-state index contributed by atoms with van der Waals surface area (Å²) in [5, 5.41) is 20.7. The molecule has 0 aliphatic carbocycles. The SMILES string of the molecule is C[C@@H]1Cc2cc(/C(O)=C3\C(=O)C(=O)N(c4nnc(SCc5ccccc5)s4)[C@@H]3c3cccc(Cl)c3)ccc2O1. The number of ether oxygens (including phenoxy) is 1. The highest BCUT2D eigenvalue weighted by atomic mass is 35.5. The first kappa shape index (κ1) is 25.6. The van der Waals surface area contributed by atoms with Crippen molar-refractivity contribution in [3.63, 3.8) is 0 Å². The summed E-state index contributed by atoms with van der Waals surface area (Å²) in [4.78, 5) is 28.2. The highest BCUT2D eigenvalue weighted by molar-refractivity contribution is 8.00. The number of carbonyl (C=O) groups is 2. The van der Waals surface area contributed by atoms with Gasteiger partial charge in [-0.05, 0) is 53.9 Å². The van der Waals surface area contributed by atoms with E-state index in [-0.39, 0.29) is 22.6 Å². The number of fused-ring (bicyclic) bond motifs is 1. The van der Waals surface area contributed by atoms with Gasteiger partial charge in [-0.1, -0.05) is 77.2 Å². The zero-order valence-electron chi connectivity index (χ0n) is 20.7. The van der Waals surface area contributed by atoms with E-state index in [4.69, 9.17) is 16.3 Å². The van der Waals surface area contributed by atoms with Crippen molar-refractivity contribution >= 4 is 57.3 Å². The Morgan fingerprint density at radius 3 is 2.72 bits per heavy atom. The molecule has 1 fully saturated rings. The third-order valence-electron chi connectivity index (χ3n) is 6.59. The first-order chi connectivity index (χ1) is 18.9. The van der Waals surface area contributed by atoms with Gasteiger partial charge in [0.1, 0.15) is 17.6 Å². The maximum atomic E-state index is 13.5. The lowest BCUT2D eigenvalue weighted by Gasteiger charge is -2.22. The second-order valence-electron chi connectivity index (χ2n) is 9.30. The van der Waals surface area contributed by atoms with Crippen LogP contribution in [-0.4, -0.2) is 33.1 Å². The molecule has 7 nitrogen and oxygen atoms in total. The third-order valence-corrected chi connectivity index (χ3v) is 8.95. The van der Waals surface area contributed by atoms with Crippen LogP contribution in [0.2, 0.25) is 5.02 Å². The van der Waals surface area contributed by atoms with Gasteiger partial charge >= 0.3 is 5.91 Å². The van der Waals surface area contributed by atoms with Crippen LogP contribution in [0.3, 0.4) is 0 Å². The number of aliphatic hydroxyl groups excluding tert-OH is 1. The molecule has 1 amide bonds. The van der Waals surface area contributed by atoms with Crippen molar-refractivity contribution in [1.29, 1.82) is 0 Å². The van der Waals surface area contributed by atoms with Crippen molar-refractivity contribution < 1.29 is 19.4 Å². The molecule has 2 aliphatic heterocycles. The first-order valence-electron chi connectivity index (χ1n) is 12.3. The van der Waals surface area contributed by atoms with Crippen molar-refractivity contribution in [3.8, 4) is 5.75 Å². The molecule has 0 radical (unpaired) electrons. The molecule has 0 spiro atoms. The smallest absolute Gasteiger partial charge is 0.301 e. The van der Waals surface area contributed by atoms with Crippen molar-refractivity contribution in [3.05, 3.63) is 106 Å². The van der Waals surface area contributed by atoms with Crippen LogP contribution in [0.1, 0.15) is 35.2 Å². The maximum Gasteiger partial charge on any atom is 0.301 e. The van der Waals surface area contributed by atoms with E-state index >= 15 is 0 Å². The van der Waals surface area contributed by atoms with E-state index in [1.807, 2.05) is 37.3 Å². The zero-order valence-corrected chi connectivity index (χ0v) is 23.1. The summed E-state index contributed by atoms with van der Waals surface area (Å²) >= 11 is 9.03. The standard InChI is InChI=1S/C29H22ClN3O4S2/c1-16-12-20-13-19(10-11-22(20)37-16)25(34)23-24(18-8-5-9-21(30)14-18)33(27(36)26(23)35)28-31-32-29(39-28)38-15-17-6-3-2-4-7-17/h2-11,13-14,16,24,34H,12,15H2,1H3/b25-23+/t16-,24-/m1/s1. The van der Waals surface area contributed by atoms with Crippen LogP contribution in [0, 0.1) is 0 Å². The van der Waals surface area contributed by atoms with Crippen LogP contribution in [0.5, 0.6) is 5.75 Å². The maximum absolute atomic E-state index is 13.5. The topological polar surface area (TPSA) is 92.6 Å². The minimum atomic E-state index is -0.924. The predicted octanol–water partition coefficient (Wildman–Crippen LogP) is 6.43. The van der Waals surface area contributed by atoms with Gasteiger partial charge in [0.15, 0.2) is 4.34 Å². The van der Waals surface area contributed by atoms with Gasteiger partial charge in [-0.3, -0.25) is 14.5 Å². The highest BCUT2D eigenvalue weighted by Crippen LogP contribution is 2.45. The lowest BCUT2D eigenvalue weighted by Crippen LogP contribution is -2.29. The Morgan fingerprint density at radius 2 is 1.92 bits per heavy atom. The Hall–Kier alpha value is -3.66. The van der Waals surface area contributed by atoms with Gasteiger partial charge < -0.3 is 9.84 Å².